The second kappa shape index (κ2) is 44.0. The summed E-state index contributed by atoms with van der Waals surface area (Å²) >= 11 is 0. The van der Waals surface area contributed by atoms with Crippen LogP contribution < -0.4 is 0 Å². The molecule has 0 heterocycles. The molecule has 0 radical (unpaired) electrons. The summed E-state index contributed by atoms with van der Waals surface area (Å²) in [5.74, 6) is 0.801. The summed E-state index contributed by atoms with van der Waals surface area (Å²) in [6, 6.07) is 0. The van der Waals surface area contributed by atoms with Crippen LogP contribution in [0.2, 0.25) is 0 Å². The second-order valence-corrected chi connectivity index (χ2v) is 18.4. The van der Waals surface area contributed by atoms with Crippen LogP contribution in [-0.2, 0) is 28.6 Å². The summed E-state index contributed by atoms with van der Waals surface area (Å²) in [6.07, 6.45) is 43.7. The zero-order chi connectivity index (χ0) is 41.9. The van der Waals surface area contributed by atoms with Gasteiger partial charge in [-0.2, -0.15) is 0 Å². The second-order valence-electron chi connectivity index (χ2n) is 18.4. The number of rotatable bonds is 45. The Kier molecular flexibility index (Phi) is 42.7. The van der Waals surface area contributed by atoms with Crippen LogP contribution in [0.25, 0.3) is 0 Å². The first-order valence-electron chi connectivity index (χ1n) is 25.2. The van der Waals surface area contributed by atoms with Crippen molar-refractivity contribution < 1.29 is 28.6 Å². The van der Waals surface area contributed by atoms with Crippen LogP contribution in [0.3, 0.4) is 0 Å². The Bertz CT molecular complexity index is 870. The third-order valence-corrected chi connectivity index (χ3v) is 11.5. The van der Waals surface area contributed by atoms with Crippen LogP contribution in [-0.4, -0.2) is 37.2 Å². The van der Waals surface area contributed by atoms with Gasteiger partial charge < -0.3 is 14.2 Å². The highest BCUT2D eigenvalue weighted by Gasteiger charge is 2.19. The van der Waals surface area contributed by atoms with Gasteiger partial charge in [0.25, 0.3) is 0 Å². The van der Waals surface area contributed by atoms with Crippen LogP contribution in [0.5, 0.6) is 0 Å². The highest BCUT2D eigenvalue weighted by molar-refractivity contribution is 5.71. The van der Waals surface area contributed by atoms with Crippen LogP contribution in [0.4, 0.5) is 0 Å². The number of carbonyl (C=O) groups excluding carboxylic acids is 3. The van der Waals surface area contributed by atoms with Crippen LogP contribution in [0.15, 0.2) is 0 Å². The van der Waals surface area contributed by atoms with E-state index in [0.717, 1.165) is 69.6 Å². The predicted octanol–water partition coefficient (Wildman–Crippen LogP) is 16.1. The molecule has 338 valence electrons. The summed E-state index contributed by atoms with van der Waals surface area (Å²) in [6.45, 7) is 11.4. The lowest BCUT2D eigenvalue weighted by molar-refractivity contribution is -0.167. The average molecular weight is 807 g/mol. The summed E-state index contributed by atoms with van der Waals surface area (Å²) < 4.78 is 16.8. The maximum absolute atomic E-state index is 12.8. The molecule has 0 aromatic carbocycles. The number of unbranched alkanes of at least 4 members (excludes halogenated alkanes) is 30. The Labute approximate surface area is 355 Å². The van der Waals surface area contributed by atoms with Crippen molar-refractivity contribution in [3.63, 3.8) is 0 Å². The lowest BCUT2D eigenvalue weighted by Crippen LogP contribution is -2.30. The molecule has 0 amide bonds. The van der Waals surface area contributed by atoms with E-state index in [1.54, 1.807) is 0 Å². The molecule has 0 saturated heterocycles. The number of ether oxygens (including phenoxy) is 3. The maximum Gasteiger partial charge on any atom is 0.306 e. The van der Waals surface area contributed by atoms with Gasteiger partial charge >= 0.3 is 17.9 Å². The van der Waals surface area contributed by atoms with Gasteiger partial charge in [-0.3, -0.25) is 14.4 Å². The minimum atomic E-state index is -0.761. The van der Waals surface area contributed by atoms with Gasteiger partial charge in [0.2, 0.25) is 0 Å². The molecule has 0 aromatic rings. The van der Waals surface area contributed by atoms with Gasteiger partial charge in [-0.15, -0.1) is 0 Å². The number of carbonyl (C=O) groups is 3. The summed E-state index contributed by atoms with van der Waals surface area (Å²) in [5.41, 5.74) is 0. The summed E-state index contributed by atoms with van der Waals surface area (Å²) in [5, 5.41) is 0. The molecular formula is C51H98O6. The minimum absolute atomic E-state index is 0.0639. The molecule has 0 fully saturated rings. The van der Waals surface area contributed by atoms with E-state index in [1.807, 2.05) is 0 Å². The van der Waals surface area contributed by atoms with Gasteiger partial charge in [-0.05, 0) is 31.1 Å². The minimum Gasteiger partial charge on any atom is -0.462 e. The Morgan fingerprint density at radius 1 is 0.333 bits per heavy atom. The summed E-state index contributed by atoms with van der Waals surface area (Å²) in [4.78, 5) is 37.9. The molecule has 1 atom stereocenters. The van der Waals surface area contributed by atoms with Crippen LogP contribution in [0, 0.1) is 11.8 Å². The third-order valence-electron chi connectivity index (χ3n) is 11.5. The zero-order valence-electron chi connectivity index (χ0n) is 39.0. The predicted molar refractivity (Wildman–Crippen MR) is 243 cm³/mol. The molecule has 0 aromatic heterocycles. The number of hydrogen-bond acceptors (Lipinski definition) is 6. The Morgan fingerprint density at radius 2 is 0.579 bits per heavy atom. The SMILES string of the molecule is CCCCCCCCCCCCCC(=O)OC[C@H](COC(=O)CCCCCCCCCCCCCC(C)C)OC(=O)CCCCCCCCCCCCCC(C)C. The molecule has 0 saturated carbocycles. The van der Waals surface area contributed by atoms with Gasteiger partial charge in [0.15, 0.2) is 6.10 Å². The van der Waals surface area contributed by atoms with E-state index in [4.69, 9.17) is 14.2 Å². The van der Waals surface area contributed by atoms with Crippen molar-refractivity contribution in [1.82, 2.24) is 0 Å². The molecule has 0 aliphatic carbocycles. The van der Waals surface area contributed by atoms with Gasteiger partial charge in [0, 0.05) is 19.3 Å². The molecule has 57 heavy (non-hydrogen) atoms. The van der Waals surface area contributed by atoms with Crippen molar-refractivity contribution >= 4 is 17.9 Å². The number of hydrogen-bond donors (Lipinski definition) is 0. The maximum atomic E-state index is 12.8. The van der Waals surface area contributed by atoms with Crippen molar-refractivity contribution in [3.8, 4) is 0 Å². The topological polar surface area (TPSA) is 78.9 Å². The monoisotopic (exact) mass is 807 g/mol. The molecule has 0 unspecified atom stereocenters. The number of esters is 3. The average Bonchev–Trinajstić information content (AvgIpc) is 3.18. The fourth-order valence-corrected chi connectivity index (χ4v) is 7.64. The molecule has 0 bridgehead atoms. The van der Waals surface area contributed by atoms with Crippen LogP contribution >= 0.6 is 0 Å². The lowest BCUT2D eigenvalue weighted by atomic mass is 10.0. The largest absolute Gasteiger partial charge is 0.462 e. The molecule has 0 rings (SSSR count). The van der Waals surface area contributed by atoms with Gasteiger partial charge in [-0.25, -0.2) is 0 Å². The van der Waals surface area contributed by atoms with Gasteiger partial charge in [0.1, 0.15) is 13.2 Å². The van der Waals surface area contributed by atoms with E-state index >= 15 is 0 Å². The Hall–Kier alpha value is -1.59. The molecule has 0 spiro atoms. The molecular weight excluding hydrogens is 709 g/mol. The lowest BCUT2D eigenvalue weighted by Gasteiger charge is -2.18. The van der Waals surface area contributed by atoms with Crippen molar-refractivity contribution in [2.24, 2.45) is 11.8 Å². The summed E-state index contributed by atoms with van der Waals surface area (Å²) in [7, 11) is 0. The highest BCUT2D eigenvalue weighted by Crippen LogP contribution is 2.17. The molecule has 0 aliphatic rings. The van der Waals surface area contributed by atoms with E-state index in [0.29, 0.717) is 19.3 Å². The van der Waals surface area contributed by atoms with Crippen molar-refractivity contribution in [3.05, 3.63) is 0 Å². The smallest absolute Gasteiger partial charge is 0.306 e. The molecule has 0 aliphatic heterocycles. The van der Waals surface area contributed by atoms with Crippen molar-refractivity contribution in [1.29, 1.82) is 0 Å². The highest BCUT2D eigenvalue weighted by atomic mass is 16.6. The standard InChI is InChI=1S/C51H98O6/c1-6-7-8-9-10-11-14-21-26-31-36-41-49(52)55-44-48(57-51(54)43-38-33-28-23-18-13-16-20-25-30-35-40-47(4)5)45-56-50(53)42-37-32-27-22-17-12-15-19-24-29-34-39-46(2)3/h46-48H,6-45H2,1-5H3/t48-/m1/s1. The normalized spacial score (nSPS) is 12.1. The van der Waals surface area contributed by atoms with Gasteiger partial charge in [0.05, 0.1) is 0 Å². The van der Waals surface area contributed by atoms with E-state index in [1.165, 1.54) is 167 Å². The first-order chi connectivity index (χ1) is 27.7. The first kappa shape index (κ1) is 55.4. The van der Waals surface area contributed by atoms with Crippen molar-refractivity contribution in [2.45, 2.75) is 285 Å². The fourth-order valence-electron chi connectivity index (χ4n) is 7.64. The Morgan fingerprint density at radius 3 is 0.860 bits per heavy atom. The zero-order valence-corrected chi connectivity index (χ0v) is 39.0. The van der Waals surface area contributed by atoms with E-state index in [-0.39, 0.29) is 31.1 Å². The van der Waals surface area contributed by atoms with E-state index < -0.39 is 6.10 Å². The molecule has 0 N–H and O–H groups in total. The molecule has 6 nitrogen and oxygen atoms in total. The van der Waals surface area contributed by atoms with Crippen LogP contribution in [0.1, 0.15) is 279 Å². The molecule has 6 heteroatoms. The quantitative estimate of drug-likeness (QED) is 0.0346. The van der Waals surface area contributed by atoms with E-state index in [2.05, 4.69) is 34.6 Å². The first-order valence-corrected chi connectivity index (χ1v) is 25.2. The van der Waals surface area contributed by atoms with E-state index in [9.17, 15) is 14.4 Å². The fraction of sp³-hybridized carbons (Fsp3) is 0.941. The van der Waals surface area contributed by atoms with Gasteiger partial charge in [-0.1, -0.05) is 240 Å². The third kappa shape index (κ3) is 45.3. The van der Waals surface area contributed by atoms with Crippen molar-refractivity contribution in [2.75, 3.05) is 13.2 Å². The Balaban J connectivity index is 4.32.